The van der Waals surface area contributed by atoms with Crippen LogP contribution in [0.4, 0.5) is 0 Å². The monoisotopic (exact) mass is 294 g/mol. The van der Waals surface area contributed by atoms with Gasteiger partial charge in [0.2, 0.25) is 0 Å². The second kappa shape index (κ2) is 5.68. The summed E-state index contributed by atoms with van der Waals surface area (Å²) in [6.45, 7) is 2.05. The van der Waals surface area contributed by atoms with Crippen LogP contribution in [0.25, 0.3) is 5.57 Å². The molecule has 0 saturated heterocycles. The van der Waals surface area contributed by atoms with Crippen LogP contribution in [0.1, 0.15) is 39.0 Å². The smallest absolute Gasteiger partial charge is 0.335 e. The predicted octanol–water partition coefficient (Wildman–Crippen LogP) is 4.08. The summed E-state index contributed by atoms with van der Waals surface area (Å²) in [4.78, 5) is 11.3. The van der Waals surface area contributed by atoms with E-state index in [0.29, 0.717) is 5.56 Å². The highest BCUT2D eigenvalue weighted by Crippen LogP contribution is 2.38. The van der Waals surface area contributed by atoms with Crippen LogP contribution in [-0.2, 0) is 6.42 Å². The molecule has 0 aromatic heterocycles. The first-order chi connectivity index (χ1) is 10.6. The highest BCUT2D eigenvalue weighted by molar-refractivity contribution is 5.92. The van der Waals surface area contributed by atoms with E-state index in [1.807, 2.05) is 31.2 Å². The van der Waals surface area contributed by atoms with Gasteiger partial charge in [0.25, 0.3) is 0 Å². The molecule has 112 valence electrons. The second-order valence-electron chi connectivity index (χ2n) is 5.49. The van der Waals surface area contributed by atoms with E-state index in [2.05, 4.69) is 6.08 Å². The molecule has 0 bridgehead atoms. The van der Waals surface area contributed by atoms with Gasteiger partial charge in [-0.15, -0.1) is 0 Å². The molecule has 0 spiro atoms. The molecular weight excluding hydrogens is 276 g/mol. The largest absolute Gasteiger partial charge is 0.496 e. The Morgan fingerprint density at radius 1 is 1.23 bits per heavy atom. The number of rotatable bonds is 3. The number of aromatic carboxylic acids is 1. The molecule has 0 atom stereocenters. The molecule has 1 aliphatic rings. The Morgan fingerprint density at radius 2 is 2.05 bits per heavy atom. The van der Waals surface area contributed by atoms with Crippen molar-refractivity contribution in [1.29, 1.82) is 0 Å². The number of allylic oxidation sites excluding steroid dienone is 1. The summed E-state index contributed by atoms with van der Waals surface area (Å²) in [5.41, 5.74) is 5.75. The Hall–Kier alpha value is -2.55. The van der Waals surface area contributed by atoms with E-state index >= 15 is 0 Å². The fourth-order valence-corrected chi connectivity index (χ4v) is 3.05. The van der Waals surface area contributed by atoms with Gasteiger partial charge in [-0.1, -0.05) is 24.3 Å². The standard InChI is InChI=1S/C19H18O3/c1-12-5-3-8-17(22-2)18(12)15-7-4-6-13-9-10-14(19(20)21)11-16(13)15/h3,5,7-11H,4,6H2,1-2H3,(H,20,21). The van der Waals surface area contributed by atoms with Crippen molar-refractivity contribution in [2.75, 3.05) is 7.11 Å². The van der Waals surface area contributed by atoms with Crippen LogP contribution < -0.4 is 4.74 Å². The summed E-state index contributed by atoms with van der Waals surface area (Å²) < 4.78 is 5.51. The van der Waals surface area contributed by atoms with E-state index in [1.54, 1.807) is 19.2 Å². The summed E-state index contributed by atoms with van der Waals surface area (Å²) in [7, 11) is 1.66. The van der Waals surface area contributed by atoms with Gasteiger partial charge in [0.1, 0.15) is 5.75 Å². The molecule has 0 unspecified atom stereocenters. The third-order valence-electron chi connectivity index (χ3n) is 4.13. The summed E-state index contributed by atoms with van der Waals surface area (Å²) in [6, 6.07) is 11.3. The molecule has 2 aromatic carbocycles. The molecule has 0 amide bonds. The molecule has 2 aromatic rings. The van der Waals surface area contributed by atoms with Crippen molar-refractivity contribution in [3.8, 4) is 5.75 Å². The molecule has 22 heavy (non-hydrogen) atoms. The summed E-state index contributed by atoms with van der Waals surface area (Å²) in [6.07, 6.45) is 4.07. The number of hydrogen-bond acceptors (Lipinski definition) is 2. The van der Waals surface area contributed by atoms with Gasteiger partial charge in [0.05, 0.1) is 12.7 Å². The van der Waals surface area contributed by atoms with Gasteiger partial charge < -0.3 is 9.84 Å². The number of fused-ring (bicyclic) bond motifs is 1. The molecule has 1 N–H and O–H groups in total. The number of carboxylic acid groups (broad SMARTS) is 1. The van der Waals surface area contributed by atoms with E-state index in [-0.39, 0.29) is 0 Å². The lowest BCUT2D eigenvalue weighted by Gasteiger charge is -2.22. The molecule has 0 saturated carbocycles. The Balaban J connectivity index is 2.21. The van der Waals surface area contributed by atoms with Crippen molar-refractivity contribution in [3.63, 3.8) is 0 Å². The van der Waals surface area contributed by atoms with Crippen molar-refractivity contribution in [2.45, 2.75) is 19.8 Å². The lowest BCUT2D eigenvalue weighted by atomic mass is 9.84. The molecule has 0 radical (unpaired) electrons. The molecule has 0 aliphatic heterocycles. The normalized spacial score (nSPS) is 13.3. The minimum absolute atomic E-state index is 0.319. The van der Waals surface area contributed by atoms with Crippen molar-refractivity contribution in [2.24, 2.45) is 0 Å². The van der Waals surface area contributed by atoms with Crippen molar-refractivity contribution < 1.29 is 14.6 Å². The Bertz CT molecular complexity index is 772. The molecule has 3 rings (SSSR count). The van der Waals surface area contributed by atoms with Crippen molar-refractivity contribution in [1.82, 2.24) is 0 Å². The first kappa shape index (κ1) is 14.4. The summed E-state index contributed by atoms with van der Waals surface area (Å²) in [5.74, 6) is -0.0794. The fraction of sp³-hybridized carbons (Fsp3) is 0.211. The predicted molar refractivity (Wildman–Crippen MR) is 86.5 cm³/mol. The third-order valence-corrected chi connectivity index (χ3v) is 4.13. The Morgan fingerprint density at radius 3 is 2.77 bits per heavy atom. The lowest BCUT2D eigenvalue weighted by molar-refractivity contribution is 0.0697. The van der Waals surface area contributed by atoms with Gasteiger partial charge >= 0.3 is 5.97 Å². The van der Waals surface area contributed by atoms with Crippen molar-refractivity contribution >= 4 is 11.5 Å². The van der Waals surface area contributed by atoms with E-state index in [4.69, 9.17) is 4.74 Å². The molecule has 1 aliphatic carbocycles. The van der Waals surface area contributed by atoms with Gasteiger partial charge in [-0.05, 0) is 60.2 Å². The number of carboxylic acids is 1. The quantitative estimate of drug-likeness (QED) is 0.927. The van der Waals surface area contributed by atoms with Gasteiger partial charge in [0.15, 0.2) is 0 Å². The van der Waals surface area contributed by atoms with E-state index < -0.39 is 5.97 Å². The van der Waals surface area contributed by atoms with E-state index in [0.717, 1.165) is 40.9 Å². The molecule has 3 nitrogen and oxygen atoms in total. The Labute approximate surface area is 129 Å². The molecule has 0 heterocycles. The highest BCUT2D eigenvalue weighted by atomic mass is 16.5. The maximum Gasteiger partial charge on any atom is 0.335 e. The van der Waals surface area contributed by atoms with Crippen LogP contribution in [0, 0.1) is 6.92 Å². The van der Waals surface area contributed by atoms with Gasteiger partial charge in [-0.3, -0.25) is 0 Å². The SMILES string of the molecule is COc1cccc(C)c1C1=CCCc2ccc(C(=O)O)cc21. The number of benzene rings is 2. The number of hydrogen-bond donors (Lipinski definition) is 1. The zero-order valence-electron chi connectivity index (χ0n) is 12.7. The second-order valence-corrected chi connectivity index (χ2v) is 5.49. The number of aryl methyl sites for hydroxylation is 2. The number of methoxy groups -OCH3 is 1. The first-order valence-corrected chi connectivity index (χ1v) is 7.32. The number of ether oxygens (including phenoxy) is 1. The Kier molecular flexibility index (Phi) is 3.72. The average Bonchev–Trinajstić information content (AvgIpc) is 2.53. The first-order valence-electron chi connectivity index (χ1n) is 7.32. The summed E-state index contributed by atoms with van der Waals surface area (Å²) >= 11 is 0. The molecule has 3 heteroatoms. The number of carbonyl (C=O) groups is 1. The minimum Gasteiger partial charge on any atom is -0.496 e. The van der Waals surface area contributed by atoms with Gasteiger partial charge in [0, 0.05) is 5.56 Å². The van der Waals surface area contributed by atoms with Gasteiger partial charge in [-0.2, -0.15) is 0 Å². The summed E-state index contributed by atoms with van der Waals surface area (Å²) in [5, 5.41) is 9.25. The van der Waals surface area contributed by atoms with Crippen LogP contribution in [0.3, 0.4) is 0 Å². The third kappa shape index (κ3) is 2.39. The maximum atomic E-state index is 11.3. The molecular formula is C19H18O3. The maximum absolute atomic E-state index is 11.3. The zero-order valence-corrected chi connectivity index (χ0v) is 12.7. The van der Waals surface area contributed by atoms with Crippen molar-refractivity contribution in [3.05, 3.63) is 70.3 Å². The fourth-order valence-electron chi connectivity index (χ4n) is 3.05. The lowest BCUT2D eigenvalue weighted by Crippen LogP contribution is -2.06. The van der Waals surface area contributed by atoms with Crippen LogP contribution in [-0.4, -0.2) is 18.2 Å². The van der Waals surface area contributed by atoms with Crippen LogP contribution >= 0.6 is 0 Å². The van der Waals surface area contributed by atoms with E-state index in [1.165, 1.54) is 5.56 Å². The van der Waals surface area contributed by atoms with E-state index in [9.17, 15) is 9.90 Å². The topological polar surface area (TPSA) is 46.5 Å². The average molecular weight is 294 g/mol. The molecule has 0 fully saturated rings. The van der Waals surface area contributed by atoms with Crippen LogP contribution in [0.15, 0.2) is 42.5 Å². The van der Waals surface area contributed by atoms with Crippen LogP contribution in [0.5, 0.6) is 5.75 Å². The van der Waals surface area contributed by atoms with Gasteiger partial charge in [-0.25, -0.2) is 4.79 Å². The highest BCUT2D eigenvalue weighted by Gasteiger charge is 2.20. The zero-order chi connectivity index (χ0) is 15.7. The van der Waals surface area contributed by atoms with Crippen LogP contribution in [0.2, 0.25) is 0 Å². The minimum atomic E-state index is -0.899.